The largest absolute Gasteiger partial charge is 0.397 e. The molecule has 2 aromatic rings. The maximum Gasteiger partial charge on any atom is 0.224 e. The van der Waals surface area contributed by atoms with Crippen molar-refractivity contribution in [1.29, 1.82) is 0 Å². The first kappa shape index (κ1) is 41.4. The summed E-state index contributed by atoms with van der Waals surface area (Å²) in [5.74, 6) is 0.156. The fraction of sp³-hybridized carbons (Fsp3) is 0.486. The Morgan fingerprint density at radius 1 is 0.744 bits per heavy atom. The molecule has 8 nitrogen and oxygen atoms in total. The number of para-hydroxylation sites is 4. The summed E-state index contributed by atoms with van der Waals surface area (Å²) in [6, 6.07) is 15.0. The summed E-state index contributed by atoms with van der Waals surface area (Å²) in [5, 5.41) is 12.0. The number of anilines is 4. The van der Waals surface area contributed by atoms with Gasteiger partial charge in [-0.15, -0.1) is 6.58 Å². The van der Waals surface area contributed by atoms with Gasteiger partial charge in [-0.1, -0.05) is 77.5 Å². The van der Waals surface area contributed by atoms with Crippen LogP contribution in [0.5, 0.6) is 0 Å². The Labute approximate surface area is 262 Å². The van der Waals surface area contributed by atoms with Crippen LogP contribution in [0.2, 0.25) is 0 Å². The van der Waals surface area contributed by atoms with Crippen LogP contribution in [-0.2, 0) is 9.59 Å². The van der Waals surface area contributed by atoms with Gasteiger partial charge in [0.05, 0.1) is 22.7 Å². The lowest BCUT2D eigenvalue weighted by atomic mass is 10.1. The van der Waals surface area contributed by atoms with E-state index in [1.165, 1.54) is 0 Å². The second-order valence-electron chi connectivity index (χ2n) is 9.58. The number of rotatable bonds is 17. The molecule has 0 spiro atoms. The van der Waals surface area contributed by atoms with Gasteiger partial charge in [0.1, 0.15) is 0 Å². The average Bonchev–Trinajstić information content (AvgIpc) is 3.02. The van der Waals surface area contributed by atoms with E-state index in [-0.39, 0.29) is 11.8 Å². The maximum absolute atomic E-state index is 11.6. The molecule has 0 heterocycles. The number of amides is 2. The third-order valence-electron chi connectivity index (χ3n) is 5.93. The van der Waals surface area contributed by atoms with Crippen molar-refractivity contribution in [3.8, 4) is 0 Å². The van der Waals surface area contributed by atoms with Crippen molar-refractivity contribution in [3.63, 3.8) is 0 Å². The summed E-state index contributed by atoms with van der Waals surface area (Å²) in [4.78, 5) is 22.7. The van der Waals surface area contributed by atoms with Crippen molar-refractivity contribution >= 4 is 34.6 Å². The molecular weight excluding hydrogens is 536 g/mol. The lowest BCUT2D eigenvalue weighted by molar-refractivity contribution is -0.120. The van der Waals surface area contributed by atoms with Crippen molar-refractivity contribution in [3.05, 3.63) is 73.5 Å². The van der Waals surface area contributed by atoms with Gasteiger partial charge in [-0.05, 0) is 76.4 Å². The molecule has 0 saturated heterocycles. The van der Waals surface area contributed by atoms with Crippen molar-refractivity contribution in [2.75, 3.05) is 42.2 Å². The molecule has 43 heavy (non-hydrogen) atoms. The minimum Gasteiger partial charge on any atom is -0.397 e. The van der Waals surface area contributed by atoms with Gasteiger partial charge in [-0.25, -0.2) is 0 Å². The fourth-order valence-electron chi connectivity index (χ4n) is 3.44. The van der Waals surface area contributed by atoms with Crippen LogP contribution in [0.25, 0.3) is 0 Å². The normalized spacial score (nSPS) is 9.42. The second-order valence-corrected chi connectivity index (χ2v) is 9.58. The van der Waals surface area contributed by atoms with Crippen LogP contribution >= 0.6 is 0 Å². The molecule has 2 rings (SSSR count). The molecule has 2 aromatic carbocycles. The van der Waals surface area contributed by atoms with Gasteiger partial charge in [0.15, 0.2) is 0 Å². The quantitative estimate of drug-likeness (QED) is 0.0625. The molecule has 8 heteroatoms. The molecule has 0 fully saturated rings. The number of unbranched alkanes of at least 4 members (excludes halogenated alkanes) is 4. The molecule has 0 unspecified atom stereocenters. The molecule has 0 aromatic heterocycles. The Morgan fingerprint density at radius 2 is 1.23 bits per heavy atom. The molecule has 0 saturated carbocycles. The second kappa shape index (κ2) is 29.7. The van der Waals surface area contributed by atoms with E-state index in [1.807, 2.05) is 76.4 Å². The summed E-state index contributed by atoms with van der Waals surface area (Å²) in [7, 11) is 1.94. The van der Waals surface area contributed by atoms with Gasteiger partial charge in [-0.3, -0.25) is 9.59 Å². The van der Waals surface area contributed by atoms with E-state index in [9.17, 15) is 9.59 Å². The van der Waals surface area contributed by atoms with Crippen LogP contribution in [0.3, 0.4) is 0 Å². The number of allylic oxidation sites excluding steroid dienone is 2. The van der Waals surface area contributed by atoms with E-state index in [0.29, 0.717) is 24.2 Å². The van der Waals surface area contributed by atoms with Gasteiger partial charge >= 0.3 is 0 Å². The first-order chi connectivity index (χ1) is 20.8. The zero-order valence-corrected chi connectivity index (χ0v) is 27.6. The molecule has 0 aliphatic rings. The first-order valence-corrected chi connectivity index (χ1v) is 15.7. The standard InChI is InChI=1S/C16H25N3O.C13H21N3O.C4H8.C2H6/c1-3-16(20)18-12-8-4-5-9-13(2)19-15-11-7-6-10-14(15)17;1-15-10-6-2-3-9-13(17)16-12-8-5-4-7-11(12)14;1-3-4-2;1-2/h6-7,10-11,19H,2-5,8-9,12,17H2,1H3,(H,18,20);4-5,7-8,15H,2-3,6,9-10,14H2,1H3,(H,16,17);3H,1,4H2,2H3;1-2H3. The van der Waals surface area contributed by atoms with Crippen LogP contribution in [-0.4, -0.2) is 32.0 Å². The van der Waals surface area contributed by atoms with Crippen molar-refractivity contribution < 1.29 is 9.59 Å². The topological polar surface area (TPSA) is 134 Å². The number of nitrogens with two attached hydrogens (primary N) is 2. The molecule has 2 amide bonds. The number of carbonyl (C=O) groups is 2. The van der Waals surface area contributed by atoms with E-state index < -0.39 is 0 Å². The van der Waals surface area contributed by atoms with Crippen LogP contribution in [0, 0.1) is 0 Å². The smallest absolute Gasteiger partial charge is 0.224 e. The molecule has 0 aliphatic carbocycles. The number of nitrogens with one attached hydrogen (secondary N) is 4. The van der Waals surface area contributed by atoms with Crippen LogP contribution in [0.15, 0.2) is 73.5 Å². The monoisotopic (exact) mass is 596 g/mol. The van der Waals surface area contributed by atoms with Gasteiger partial charge in [0.25, 0.3) is 0 Å². The molecule has 0 bridgehead atoms. The zero-order chi connectivity index (χ0) is 32.7. The van der Waals surface area contributed by atoms with Crippen LogP contribution in [0.4, 0.5) is 22.7 Å². The molecule has 0 atom stereocenters. The Balaban J connectivity index is 0. The highest BCUT2D eigenvalue weighted by molar-refractivity contribution is 5.93. The number of benzene rings is 2. The van der Waals surface area contributed by atoms with Gasteiger partial charge in [0.2, 0.25) is 11.8 Å². The van der Waals surface area contributed by atoms with Crippen molar-refractivity contribution in [2.24, 2.45) is 0 Å². The minimum absolute atomic E-state index is 0.0346. The number of hydrogen-bond donors (Lipinski definition) is 6. The van der Waals surface area contributed by atoms with E-state index in [4.69, 9.17) is 11.5 Å². The van der Waals surface area contributed by atoms with Crippen LogP contribution < -0.4 is 32.7 Å². The number of carbonyl (C=O) groups excluding carboxylic acids is 2. The Bertz CT molecular complexity index is 1010. The van der Waals surface area contributed by atoms with E-state index in [2.05, 4.69) is 41.3 Å². The van der Waals surface area contributed by atoms with Crippen molar-refractivity contribution in [2.45, 2.75) is 91.9 Å². The predicted octanol–water partition coefficient (Wildman–Crippen LogP) is 7.88. The fourth-order valence-corrected chi connectivity index (χ4v) is 3.44. The van der Waals surface area contributed by atoms with E-state index in [1.54, 1.807) is 6.07 Å². The van der Waals surface area contributed by atoms with Gasteiger partial charge in [-0.2, -0.15) is 0 Å². The van der Waals surface area contributed by atoms with E-state index >= 15 is 0 Å². The maximum atomic E-state index is 11.6. The number of hydrogen-bond acceptors (Lipinski definition) is 6. The van der Waals surface area contributed by atoms with Crippen LogP contribution in [0.1, 0.15) is 91.9 Å². The molecule has 0 aliphatic heterocycles. The lowest BCUT2D eigenvalue weighted by Crippen LogP contribution is -2.23. The molecule has 242 valence electrons. The molecule has 8 N–H and O–H groups in total. The Hall–Kier alpha value is -3.78. The molecule has 0 radical (unpaired) electrons. The Kier molecular flexibility index (Phi) is 28.6. The summed E-state index contributed by atoms with van der Waals surface area (Å²) >= 11 is 0. The molecular formula is C35H60N6O2. The van der Waals surface area contributed by atoms with Gasteiger partial charge in [0, 0.05) is 25.1 Å². The summed E-state index contributed by atoms with van der Waals surface area (Å²) in [5.41, 5.74) is 15.5. The SMILES string of the molecule is C=C(CCCCCNC(=O)CC)Nc1ccccc1N.C=CCC.CC.CNCCCCCC(=O)Nc1ccccc1N. The highest BCUT2D eigenvalue weighted by Crippen LogP contribution is 2.20. The average molecular weight is 597 g/mol. The third-order valence-corrected chi connectivity index (χ3v) is 5.93. The van der Waals surface area contributed by atoms with Gasteiger partial charge < -0.3 is 32.7 Å². The Morgan fingerprint density at radius 3 is 1.72 bits per heavy atom. The van der Waals surface area contributed by atoms with E-state index in [0.717, 1.165) is 81.5 Å². The first-order valence-electron chi connectivity index (χ1n) is 15.7. The number of nitrogen functional groups attached to an aromatic ring is 2. The third kappa shape index (κ3) is 24.5. The van der Waals surface area contributed by atoms with Crippen molar-refractivity contribution in [1.82, 2.24) is 10.6 Å². The summed E-state index contributed by atoms with van der Waals surface area (Å²) < 4.78 is 0. The summed E-state index contributed by atoms with van der Waals surface area (Å²) in [6.45, 7) is 17.2. The lowest BCUT2D eigenvalue weighted by Gasteiger charge is -2.11. The minimum atomic E-state index is 0.0346. The highest BCUT2D eigenvalue weighted by Gasteiger charge is 2.04. The highest BCUT2D eigenvalue weighted by atomic mass is 16.2. The predicted molar refractivity (Wildman–Crippen MR) is 189 cm³/mol. The summed E-state index contributed by atoms with van der Waals surface area (Å²) in [6.07, 6.45) is 11.2. The zero-order valence-electron chi connectivity index (χ0n) is 27.6.